The minimum atomic E-state index is -5.00. The van der Waals surface area contributed by atoms with E-state index in [4.69, 9.17) is 9.63 Å². The Morgan fingerprint density at radius 3 is 2.41 bits per heavy atom. The van der Waals surface area contributed by atoms with Crippen molar-refractivity contribution < 1.29 is 51.5 Å². The molecule has 0 aliphatic carbocycles. The van der Waals surface area contributed by atoms with Crippen molar-refractivity contribution in [1.29, 1.82) is 0 Å². The molecule has 1 aromatic carbocycles. The van der Waals surface area contributed by atoms with Crippen LogP contribution in [-0.2, 0) is 35.2 Å². The van der Waals surface area contributed by atoms with Gasteiger partial charge in [-0.3, -0.25) is 23.0 Å². The number of alkyl halides is 2. The Balaban J connectivity index is 1.83. The molecular formula is C17H20F2N2O11P2. The fourth-order valence-corrected chi connectivity index (χ4v) is 4.57. The van der Waals surface area contributed by atoms with E-state index in [1.165, 1.54) is 18.2 Å². The summed E-state index contributed by atoms with van der Waals surface area (Å²) >= 11 is 0. The summed E-state index contributed by atoms with van der Waals surface area (Å²) in [4.78, 5) is 42.8. The number of phosphoric ester groups is 1. The molecule has 34 heavy (non-hydrogen) atoms. The van der Waals surface area contributed by atoms with Gasteiger partial charge in [-0.1, -0.05) is 30.3 Å². The van der Waals surface area contributed by atoms with Gasteiger partial charge in [-0.15, -0.1) is 0 Å². The first-order valence-electron chi connectivity index (χ1n) is 9.49. The van der Waals surface area contributed by atoms with Gasteiger partial charge in [-0.2, -0.15) is 8.78 Å². The number of nitrogens with zero attached hydrogens (tertiary/aromatic N) is 2. The van der Waals surface area contributed by atoms with E-state index in [1.54, 1.807) is 0 Å². The number of hydrogen-bond acceptors (Lipinski definition) is 9. The molecule has 0 radical (unpaired) electrons. The van der Waals surface area contributed by atoms with E-state index in [0.29, 0.717) is 4.57 Å². The van der Waals surface area contributed by atoms with Crippen molar-refractivity contribution in [3.63, 3.8) is 0 Å². The van der Waals surface area contributed by atoms with Crippen LogP contribution in [0.15, 0.2) is 52.2 Å². The van der Waals surface area contributed by atoms with Gasteiger partial charge in [-0.25, -0.2) is 13.7 Å². The van der Waals surface area contributed by atoms with Gasteiger partial charge in [0.15, 0.2) is 6.23 Å². The molecule has 188 valence electrons. The predicted molar refractivity (Wildman–Crippen MR) is 109 cm³/mol. The zero-order chi connectivity index (χ0) is 25.3. The Kier molecular flexibility index (Phi) is 8.03. The van der Waals surface area contributed by atoms with Gasteiger partial charge in [0.1, 0.15) is 18.3 Å². The maximum Gasteiger partial charge on any atom is 0.479 e. The lowest BCUT2D eigenvalue weighted by Crippen LogP contribution is -2.45. The Hall–Kier alpha value is -2.06. The quantitative estimate of drug-likeness (QED) is 0.319. The van der Waals surface area contributed by atoms with Crippen LogP contribution in [0.3, 0.4) is 0 Å². The van der Waals surface area contributed by atoms with Gasteiger partial charge in [0.05, 0.1) is 13.2 Å². The zero-order valence-electron chi connectivity index (χ0n) is 17.0. The molecule has 3 rings (SSSR count). The third-order valence-electron chi connectivity index (χ3n) is 4.86. The van der Waals surface area contributed by atoms with Gasteiger partial charge in [0.2, 0.25) is 0 Å². The number of hydrogen-bond donors (Lipinski definition) is 4. The number of phosphoric acid groups is 1. The van der Waals surface area contributed by atoms with Crippen LogP contribution in [-0.4, -0.2) is 54.1 Å². The first-order chi connectivity index (χ1) is 15.8. The monoisotopic (exact) mass is 528 g/mol. The summed E-state index contributed by atoms with van der Waals surface area (Å²) in [5.74, 6) is -3.61. The highest BCUT2D eigenvalue weighted by atomic mass is 31.2. The van der Waals surface area contributed by atoms with Crippen LogP contribution in [0, 0.1) is 0 Å². The summed E-state index contributed by atoms with van der Waals surface area (Å²) in [6, 6.07) is 7.25. The Morgan fingerprint density at radius 2 is 1.79 bits per heavy atom. The Bertz CT molecular complexity index is 1210. The van der Waals surface area contributed by atoms with Crippen LogP contribution >= 0.6 is 16.1 Å². The maximum atomic E-state index is 14.7. The molecule has 0 amide bonds. The van der Waals surface area contributed by atoms with Crippen molar-refractivity contribution >= 4 is 16.1 Å². The molecule has 1 fully saturated rings. The number of aliphatic hydroxyl groups excluding tert-OH is 2. The van der Waals surface area contributed by atoms with Crippen molar-refractivity contribution in [2.24, 2.45) is 0 Å². The molecule has 2 heterocycles. The van der Waals surface area contributed by atoms with Crippen molar-refractivity contribution in [2.75, 3.05) is 6.61 Å². The summed E-state index contributed by atoms with van der Waals surface area (Å²) in [6.45, 7) is -2.24. The summed E-state index contributed by atoms with van der Waals surface area (Å²) < 4.78 is 65.8. The molecule has 4 N–H and O–H groups in total. The standard InChI is InChI=1S/C17H20F2N2O11P2/c18-17(19,10-4-2-1-3-5-10)9-21-12(22)6-7-20(16(21)25)15-14(24)13(23)11(31-15)8-30-34(28,29)32-33(26)27/h1-7,11,13-15,23-24,33H,8-9H2,(H,26,27)(H,28,29)/t11-,13?,14+,15-/m1/s1. The van der Waals surface area contributed by atoms with Gasteiger partial charge in [0.25, 0.3) is 11.5 Å². The third kappa shape index (κ3) is 5.95. The molecular weight excluding hydrogens is 508 g/mol. The second kappa shape index (κ2) is 10.3. The summed E-state index contributed by atoms with van der Waals surface area (Å²) in [5, 5.41) is 20.4. The highest BCUT2D eigenvalue weighted by Crippen LogP contribution is 2.51. The topological polar surface area (TPSA) is 187 Å². The number of rotatable bonds is 9. The summed E-state index contributed by atoms with van der Waals surface area (Å²) in [6.07, 6.45) is -6.01. The fourth-order valence-electron chi connectivity index (χ4n) is 3.23. The minimum absolute atomic E-state index is 0.230. The molecule has 3 unspecified atom stereocenters. The van der Waals surface area contributed by atoms with E-state index in [0.717, 1.165) is 24.4 Å². The summed E-state index contributed by atoms with van der Waals surface area (Å²) in [5.41, 5.74) is -2.78. The lowest BCUT2D eigenvalue weighted by atomic mass is 10.1. The van der Waals surface area contributed by atoms with Crippen molar-refractivity contribution in [3.8, 4) is 0 Å². The van der Waals surface area contributed by atoms with E-state index in [9.17, 15) is 42.6 Å². The smallest absolute Gasteiger partial charge is 0.387 e. The van der Waals surface area contributed by atoms with E-state index >= 15 is 0 Å². The molecule has 1 aliphatic heterocycles. The molecule has 1 aliphatic rings. The molecule has 13 nitrogen and oxygen atoms in total. The van der Waals surface area contributed by atoms with E-state index in [-0.39, 0.29) is 4.57 Å². The number of halogens is 2. The molecule has 0 saturated carbocycles. The molecule has 17 heteroatoms. The average molecular weight is 528 g/mol. The van der Waals surface area contributed by atoms with Gasteiger partial charge in [-0.05, 0) is 0 Å². The normalized spacial score (nSPS) is 25.7. The largest absolute Gasteiger partial charge is 0.479 e. The zero-order valence-corrected chi connectivity index (χ0v) is 18.9. The van der Waals surface area contributed by atoms with Crippen LogP contribution < -0.4 is 11.2 Å². The number of aromatic nitrogens is 2. The van der Waals surface area contributed by atoms with Crippen LogP contribution in [0.1, 0.15) is 11.8 Å². The number of aliphatic hydroxyl groups is 2. The van der Waals surface area contributed by atoms with E-state index in [1.807, 2.05) is 0 Å². The molecule has 2 aromatic rings. The van der Waals surface area contributed by atoms with Crippen molar-refractivity contribution in [3.05, 3.63) is 69.0 Å². The Morgan fingerprint density at radius 1 is 1.15 bits per heavy atom. The number of benzene rings is 1. The van der Waals surface area contributed by atoms with Crippen LogP contribution in [0.4, 0.5) is 8.78 Å². The average Bonchev–Trinajstić information content (AvgIpc) is 3.03. The van der Waals surface area contributed by atoms with E-state index in [2.05, 4.69) is 8.83 Å². The van der Waals surface area contributed by atoms with Crippen LogP contribution in [0.25, 0.3) is 0 Å². The second-order valence-electron chi connectivity index (χ2n) is 7.17. The van der Waals surface area contributed by atoms with Gasteiger partial charge < -0.3 is 24.7 Å². The highest BCUT2D eigenvalue weighted by molar-refractivity contribution is 7.55. The Labute approximate surface area is 189 Å². The van der Waals surface area contributed by atoms with E-state index < -0.39 is 76.5 Å². The lowest BCUT2D eigenvalue weighted by Gasteiger charge is -2.21. The summed E-state index contributed by atoms with van der Waals surface area (Å²) in [7, 11) is -8.85. The van der Waals surface area contributed by atoms with Crippen LogP contribution in [0.2, 0.25) is 0 Å². The van der Waals surface area contributed by atoms with Crippen LogP contribution in [0.5, 0.6) is 0 Å². The first kappa shape index (κ1) is 26.5. The van der Waals surface area contributed by atoms with Gasteiger partial charge >= 0.3 is 21.8 Å². The maximum absolute atomic E-state index is 14.7. The number of ether oxygens (including phenoxy) is 1. The first-order valence-corrected chi connectivity index (χ1v) is 12.2. The highest BCUT2D eigenvalue weighted by Gasteiger charge is 2.45. The molecule has 1 aromatic heterocycles. The molecule has 1 saturated heterocycles. The van der Waals surface area contributed by atoms with Gasteiger partial charge in [0, 0.05) is 17.8 Å². The lowest BCUT2D eigenvalue weighted by molar-refractivity contribution is -0.0567. The fraction of sp³-hybridized carbons (Fsp3) is 0.412. The van der Waals surface area contributed by atoms with Crippen molar-refractivity contribution in [1.82, 2.24) is 9.13 Å². The SMILES string of the molecule is O=c1ccn([C@@H]2O[C@H](COP(=O)(O)O[PH](=O)O)C(O)[C@@H]2O)c(=O)n1CC(F)(F)c1ccccc1. The molecule has 0 spiro atoms. The molecule has 6 atom stereocenters. The van der Waals surface area contributed by atoms with Crippen molar-refractivity contribution in [2.45, 2.75) is 37.0 Å². The molecule has 0 bridgehead atoms. The minimum Gasteiger partial charge on any atom is -0.387 e. The second-order valence-corrected chi connectivity index (χ2v) is 9.63. The predicted octanol–water partition coefficient (Wildman–Crippen LogP) is -0.0632. The third-order valence-corrected chi connectivity index (χ3v) is 6.88.